The molecule has 0 aliphatic heterocycles. The van der Waals surface area contributed by atoms with Crippen LogP contribution in [-0.4, -0.2) is 11.4 Å². The number of hydrogen-bond acceptors (Lipinski definition) is 1. The summed E-state index contributed by atoms with van der Waals surface area (Å²) in [7, 11) is 0. The first kappa shape index (κ1) is 17.8. The zero-order valence-corrected chi connectivity index (χ0v) is 15.7. The summed E-state index contributed by atoms with van der Waals surface area (Å²) in [5, 5.41) is 0. The SMILES string of the molecule is CC(C)CN(C1=CC=C=CC=C1)C1=CC=C(C2CCCCC2)CC=C1. The highest BCUT2D eigenvalue weighted by molar-refractivity contribution is 5.38. The van der Waals surface area contributed by atoms with Crippen LogP contribution in [0.4, 0.5) is 0 Å². The number of allylic oxidation sites excluding steroid dienone is 9. The van der Waals surface area contributed by atoms with E-state index in [0.29, 0.717) is 5.92 Å². The largest absolute Gasteiger partial charge is 0.341 e. The standard InChI is InChI=1S/C24H31N/c1-20(2)19-25(23-14-8-3-4-9-15-23)24-16-10-13-22(17-18-24)21-11-6-5-7-12-21/h3,8-10,14-18,20-21H,5-7,11-13,19H2,1-2H3. The van der Waals surface area contributed by atoms with Crippen molar-refractivity contribution in [2.45, 2.75) is 52.4 Å². The summed E-state index contributed by atoms with van der Waals surface area (Å²) in [5.41, 5.74) is 7.32. The van der Waals surface area contributed by atoms with Crippen LogP contribution in [-0.2, 0) is 0 Å². The van der Waals surface area contributed by atoms with Gasteiger partial charge in [-0.25, -0.2) is 0 Å². The molecule has 0 radical (unpaired) electrons. The Labute approximate surface area is 153 Å². The second kappa shape index (κ2) is 8.92. The van der Waals surface area contributed by atoms with Crippen molar-refractivity contribution in [1.29, 1.82) is 0 Å². The Kier molecular flexibility index (Phi) is 6.36. The maximum atomic E-state index is 3.16. The van der Waals surface area contributed by atoms with Gasteiger partial charge in [0.1, 0.15) is 0 Å². The minimum absolute atomic E-state index is 0.605. The number of rotatable bonds is 5. The Morgan fingerprint density at radius 2 is 1.80 bits per heavy atom. The second-order valence-electron chi connectivity index (χ2n) is 7.73. The van der Waals surface area contributed by atoms with Crippen LogP contribution in [0, 0.1) is 11.8 Å². The van der Waals surface area contributed by atoms with E-state index in [0.717, 1.165) is 18.9 Å². The molecule has 25 heavy (non-hydrogen) atoms. The van der Waals surface area contributed by atoms with E-state index in [1.54, 1.807) is 5.57 Å². The van der Waals surface area contributed by atoms with E-state index in [1.165, 1.54) is 43.5 Å². The van der Waals surface area contributed by atoms with Crippen molar-refractivity contribution in [1.82, 2.24) is 4.90 Å². The second-order valence-corrected chi connectivity index (χ2v) is 7.73. The highest BCUT2D eigenvalue weighted by atomic mass is 15.1. The molecule has 0 bridgehead atoms. The summed E-state index contributed by atoms with van der Waals surface area (Å²) in [5.74, 6) is 1.41. The molecule has 0 spiro atoms. The molecule has 0 saturated heterocycles. The van der Waals surface area contributed by atoms with E-state index < -0.39 is 0 Å². The summed E-state index contributed by atoms with van der Waals surface area (Å²) < 4.78 is 0. The predicted octanol–water partition coefficient (Wildman–Crippen LogP) is 6.46. The molecule has 132 valence electrons. The van der Waals surface area contributed by atoms with Gasteiger partial charge in [-0.05, 0) is 67.6 Å². The zero-order chi connectivity index (χ0) is 17.5. The molecule has 0 atom stereocenters. The van der Waals surface area contributed by atoms with Crippen LogP contribution in [0.3, 0.4) is 0 Å². The molecule has 0 aromatic rings. The van der Waals surface area contributed by atoms with Gasteiger partial charge >= 0.3 is 0 Å². The summed E-state index contributed by atoms with van der Waals surface area (Å²) in [4.78, 5) is 2.44. The van der Waals surface area contributed by atoms with Crippen LogP contribution in [0.25, 0.3) is 0 Å². The fourth-order valence-electron chi connectivity index (χ4n) is 3.94. The third-order valence-corrected chi connectivity index (χ3v) is 5.22. The Morgan fingerprint density at radius 1 is 1.00 bits per heavy atom. The molecule has 0 unspecified atom stereocenters. The fraction of sp³-hybridized carbons (Fsp3) is 0.458. The van der Waals surface area contributed by atoms with Crippen LogP contribution in [0.15, 0.2) is 77.4 Å². The average molecular weight is 334 g/mol. The number of nitrogens with zero attached hydrogens (tertiary/aromatic N) is 1. The molecule has 0 aromatic heterocycles. The van der Waals surface area contributed by atoms with Crippen molar-refractivity contribution in [3.63, 3.8) is 0 Å². The molecule has 0 heterocycles. The van der Waals surface area contributed by atoms with Gasteiger partial charge in [0.25, 0.3) is 0 Å². The molecule has 0 aromatic carbocycles. The molecule has 3 aliphatic carbocycles. The lowest BCUT2D eigenvalue weighted by molar-refractivity contribution is 0.388. The van der Waals surface area contributed by atoms with E-state index in [2.05, 4.69) is 67.0 Å². The molecule has 0 amide bonds. The lowest BCUT2D eigenvalue weighted by atomic mass is 9.82. The van der Waals surface area contributed by atoms with Crippen molar-refractivity contribution in [2.75, 3.05) is 6.54 Å². The van der Waals surface area contributed by atoms with Gasteiger partial charge in [-0.1, -0.05) is 56.9 Å². The first-order chi connectivity index (χ1) is 12.2. The highest BCUT2D eigenvalue weighted by Gasteiger charge is 2.19. The molecule has 1 nitrogen and oxygen atoms in total. The molecule has 1 heteroatoms. The lowest BCUT2D eigenvalue weighted by Gasteiger charge is -2.28. The van der Waals surface area contributed by atoms with Gasteiger partial charge in [0, 0.05) is 17.9 Å². The Hall–Kier alpha value is -1.98. The Balaban J connectivity index is 1.84. The van der Waals surface area contributed by atoms with Crippen LogP contribution in [0.1, 0.15) is 52.4 Å². The molecule has 1 saturated carbocycles. The zero-order valence-electron chi connectivity index (χ0n) is 15.7. The van der Waals surface area contributed by atoms with Gasteiger partial charge < -0.3 is 4.90 Å². The van der Waals surface area contributed by atoms with Gasteiger partial charge in [-0.2, -0.15) is 0 Å². The minimum atomic E-state index is 0.605. The molecular formula is C24H31N. The van der Waals surface area contributed by atoms with Crippen molar-refractivity contribution >= 4 is 0 Å². The number of hydrogen-bond donors (Lipinski definition) is 0. The van der Waals surface area contributed by atoms with Gasteiger partial charge in [0.05, 0.1) is 0 Å². The summed E-state index contributed by atoms with van der Waals surface area (Å²) in [6, 6.07) is 0. The van der Waals surface area contributed by atoms with Crippen LogP contribution in [0.5, 0.6) is 0 Å². The van der Waals surface area contributed by atoms with E-state index in [1.807, 2.05) is 12.2 Å². The van der Waals surface area contributed by atoms with Crippen LogP contribution in [0.2, 0.25) is 0 Å². The van der Waals surface area contributed by atoms with E-state index in [-0.39, 0.29) is 0 Å². The van der Waals surface area contributed by atoms with Crippen LogP contribution >= 0.6 is 0 Å². The maximum absolute atomic E-state index is 3.16. The van der Waals surface area contributed by atoms with Crippen molar-refractivity contribution < 1.29 is 0 Å². The third kappa shape index (κ3) is 5.00. The maximum Gasteiger partial charge on any atom is 0.0417 e. The normalized spacial score (nSPS) is 20.8. The van der Waals surface area contributed by atoms with E-state index in [9.17, 15) is 0 Å². The van der Waals surface area contributed by atoms with Crippen molar-refractivity contribution in [2.24, 2.45) is 11.8 Å². The summed E-state index contributed by atoms with van der Waals surface area (Å²) >= 11 is 0. The molecule has 1 fully saturated rings. The quantitative estimate of drug-likeness (QED) is 0.522. The minimum Gasteiger partial charge on any atom is -0.341 e. The third-order valence-electron chi connectivity index (χ3n) is 5.22. The van der Waals surface area contributed by atoms with Crippen LogP contribution < -0.4 is 0 Å². The first-order valence-electron chi connectivity index (χ1n) is 9.88. The van der Waals surface area contributed by atoms with Crippen molar-refractivity contribution in [3.8, 4) is 0 Å². The topological polar surface area (TPSA) is 3.24 Å². The first-order valence-corrected chi connectivity index (χ1v) is 9.88. The van der Waals surface area contributed by atoms with Gasteiger partial charge in [-0.15, -0.1) is 5.73 Å². The van der Waals surface area contributed by atoms with Gasteiger partial charge in [0.2, 0.25) is 0 Å². The molecule has 3 rings (SSSR count). The van der Waals surface area contributed by atoms with E-state index in [4.69, 9.17) is 0 Å². The highest BCUT2D eigenvalue weighted by Crippen LogP contribution is 2.33. The van der Waals surface area contributed by atoms with Gasteiger partial charge in [0.15, 0.2) is 0 Å². The smallest absolute Gasteiger partial charge is 0.0417 e. The molecular weight excluding hydrogens is 302 g/mol. The molecule has 0 N–H and O–H groups in total. The summed E-state index contributed by atoms with van der Waals surface area (Å²) in [6.45, 7) is 5.59. The molecule has 3 aliphatic rings. The Morgan fingerprint density at radius 3 is 2.60 bits per heavy atom. The summed E-state index contributed by atoms with van der Waals surface area (Å²) in [6.07, 6.45) is 27.9. The van der Waals surface area contributed by atoms with Crippen molar-refractivity contribution in [3.05, 3.63) is 77.4 Å². The Bertz CT molecular complexity index is 669. The lowest BCUT2D eigenvalue weighted by Crippen LogP contribution is -2.25. The van der Waals surface area contributed by atoms with E-state index >= 15 is 0 Å². The predicted molar refractivity (Wildman–Crippen MR) is 108 cm³/mol. The van der Waals surface area contributed by atoms with Gasteiger partial charge in [-0.3, -0.25) is 0 Å². The average Bonchev–Trinajstić information content (AvgIpc) is 3.03. The fourth-order valence-corrected chi connectivity index (χ4v) is 3.94. The monoisotopic (exact) mass is 333 g/mol.